The van der Waals surface area contributed by atoms with Crippen LogP contribution in [-0.4, -0.2) is 28.8 Å². The smallest absolute Gasteiger partial charge is 0.243 e. The summed E-state index contributed by atoms with van der Waals surface area (Å²) in [7, 11) is 0. The molecule has 0 fully saturated rings. The lowest BCUT2D eigenvalue weighted by Gasteiger charge is -2.32. The summed E-state index contributed by atoms with van der Waals surface area (Å²) in [5.74, 6) is -0.255. The zero-order valence-corrected chi connectivity index (χ0v) is 23.4. The van der Waals surface area contributed by atoms with Gasteiger partial charge < -0.3 is 10.2 Å². The molecule has 0 unspecified atom stereocenters. The molecule has 3 aromatic rings. The molecule has 0 saturated heterocycles. The predicted molar refractivity (Wildman–Crippen MR) is 153 cm³/mol. The Labute approximate surface area is 231 Å². The number of hydrogen-bond acceptors (Lipinski definition) is 2. The number of nitrogens with zero attached hydrogens (tertiary/aromatic N) is 1. The lowest BCUT2D eigenvalue weighted by Crippen LogP contribution is -2.52. The van der Waals surface area contributed by atoms with E-state index in [0.29, 0.717) is 29.3 Å². The van der Waals surface area contributed by atoms with E-state index in [1.165, 1.54) is 5.56 Å². The van der Waals surface area contributed by atoms with Gasteiger partial charge in [-0.15, -0.1) is 0 Å². The lowest BCUT2D eigenvalue weighted by atomic mass is 10.0. The van der Waals surface area contributed by atoms with Gasteiger partial charge in [0, 0.05) is 35.5 Å². The minimum absolute atomic E-state index is 0.000995. The number of nitrogens with one attached hydrogen (secondary N) is 1. The SMILES string of the molecule is CCc1ccc(CCC(=O)N(Cc2ccc(Cl)cc2Cl)[C@@H](Cc2ccccc2)C(=O)N[C@H](C)CC)cc1. The first-order valence-electron chi connectivity index (χ1n) is 13.0. The number of hydrogen-bond donors (Lipinski definition) is 1. The maximum absolute atomic E-state index is 13.8. The first kappa shape index (κ1) is 28.7. The van der Waals surface area contributed by atoms with E-state index in [1.807, 2.05) is 50.2 Å². The van der Waals surface area contributed by atoms with Crippen LogP contribution in [0.5, 0.6) is 0 Å². The van der Waals surface area contributed by atoms with E-state index in [9.17, 15) is 9.59 Å². The van der Waals surface area contributed by atoms with Gasteiger partial charge in [-0.1, -0.05) is 97.7 Å². The molecule has 4 nitrogen and oxygen atoms in total. The van der Waals surface area contributed by atoms with Crippen LogP contribution >= 0.6 is 23.2 Å². The Morgan fingerprint density at radius 3 is 2.19 bits per heavy atom. The number of carbonyl (C=O) groups excluding carboxylic acids is 2. The third-order valence-corrected chi connectivity index (χ3v) is 7.27. The number of carbonyl (C=O) groups is 2. The van der Waals surface area contributed by atoms with E-state index in [2.05, 4.69) is 36.5 Å². The van der Waals surface area contributed by atoms with Crippen molar-refractivity contribution >= 4 is 35.0 Å². The van der Waals surface area contributed by atoms with Gasteiger partial charge in [0.25, 0.3) is 0 Å². The zero-order valence-electron chi connectivity index (χ0n) is 21.8. The Morgan fingerprint density at radius 1 is 0.892 bits per heavy atom. The molecule has 0 saturated carbocycles. The van der Waals surface area contributed by atoms with Crippen LogP contribution in [0, 0.1) is 0 Å². The second-order valence-corrected chi connectivity index (χ2v) is 10.3. The van der Waals surface area contributed by atoms with Crippen molar-refractivity contribution in [3.05, 3.63) is 105 Å². The zero-order chi connectivity index (χ0) is 26.8. The van der Waals surface area contributed by atoms with E-state index < -0.39 is 6.04 Å². The summed E-state index contributed by atoms with van der Waals surface area (Å²) in [6.07, 6.45) is 3.07. The molecule has 1 N–H and O–H groups in total. The maximum Gasteiger partial charge on any atom is 0.243 e. The summed E-state index contributed by atoms with van der Waals surface area (Å²) in [6.45, 7) is 6.34. The summed E-state index contributed by atoms with van der Waals surface area (Å²) >= 11 is 12.6. The van der Waals surface area contributed by atoms with Crippen molar-refractivity contribution in [2.75, 3.05) is 0 Å². The van der Waals surface area contributed by atoms with Gasteiger partial charge in [0.2, 0.25) is 11.8 Å². The molecule has 0 spiro atoms. The van der Waals surface area contributed by atoms with Crippen LogP contribution in [0.2, 0.25) is 10.0 Å². The van der Waals surface area contributed by atoms with Crippen molar-refractivity contribution in [2.24, 2.45) is 0 Å². The van der Waals surface area contributed by atoms with Crippen molar-refractivity contribution in [2.45, 2.75) is 71.5 Å². The molecule has 0 aliphatic carbocycles. The van der Waals surface area contributed by atoms with Crippen LogP contribution < -0.4 is 5.32 Å². The van der Waals surface area contributed by atoms with Crippen LogP contribution in [-0.2, 0) is 35.4 Å². The van der Waals surface area contributed by atoms with E-state index in [4.69, 9.17) is 23.2 Å². The van der Waals surface area contributed by atoms with Gasteiger partial charge in [-0.25, -0.2) is 0 Å². The Balaban J connectivity index is 1.92. The summed E-state index contributed by atoms with van der Waals surface area (Å²) < 4.78 is 0. The second kappa shape index (κ2) is 14.2. The van der Waals surface area contributed by atoms with Crippen molar-refractivity contribution in [1.82, 2.24) is 10.2 Å². The van der Waals surface area contributed by atoms with E-state index in [1.54, 1.807) is 17.0 Å². The monoisotopic (exact) mass is 538 g/mol. The number of amides is 2. The third-order valence-electron chi connectivity index (χ3n) is 6.69. The predicted octanol–water partition coefficient (Wildman–Crippen LogP) is 7.04. The van der Waals surface area contributed by atoms with Crippen molar-refractivity contribution in [3.8, 4) is 0 Å². The van der Waals surface area contributed by atoms with E-state index >= 15 is 0 Å². The first-order valence-corrected chi connectivity index (χ1v) is 13.7. The molecular formula is C31H36Cl2N2O2. The van der Waals surface area contributed by atoms with E-state index in [0.717, 1.165) is 29.5 Å². The van der Waals surface area contributed by atoms with Crippen molar-refractivity contribution in [1.29, 1.82) is 0 Å². The average Bonchev–Trinajstić information content (AvgIpc) is 2.91. The standard InChI is InChI=1S/C31H36Cl2N2O2/c1-4-22(3)34-31(37)29(19-25-9-7-6-8-10-25)35(21-26-16-17-27(32)20-28(26)33)30(36)18-15-24-13-11-23(5-2)12-14-24/h6-14,16-17,20,22,29H,4-5,15,18-19,21H2,1-3H3,(H,34,37)/t22-,29+/m1/s1. The van der Waals surface area contributed by atoms with Crippen LogP contribution in [0.15, 0.2) is 72.8 Å². The summed E-state index contributed by atoms with van der Waals surface area (Å²) in [6, 6.07) is 22.7. The topological polar surface area (TPSA) is 49.4 Å². The van der Waals surface area contributed by atoms with Gasteiger partial charge in [0.05, 0.1) is 0 Å². The van der Waals surface area contributed by atoms with E-state index in [-0.39, 0.29) is 24.4 Å². The van der Waals surface area contributed by atoms with Gasteiger partial charge in [-0.3, -0.25) is 9.59 Å². The minimum Gasteiger partial charge on any atom is -0.352 e. The largest absolute Gasteiger partial charge is 0.352 e. The fraction of sp³-hybridized carbons (Fsp3) is 0.355. The highest BCUT2D eigenvalue weighted by Gasteiger charge is 2.31. The fourth-order valence-corrected chi connectivity index (χ4v) is 4.63. The highest BCUT2D eigenvalue weighted by atomic mass is 35.5. The number of rotatable bonds is 12. The van der Waals surface area contributed by atoms with Gasteiger partial charge in [-0.05, 0) is 60.6 Å². The van der Waals surface area contributed by atoms with Crippen LogP contribution in [0.3, 0.4) is 0 Å². The maximum atomic E-state index is 13.8. The highest BCUT2D eigenvalue weighted by Crippen LogP contribution is 2.25. The average molecular weight is 540 g/mol. The molecule has 37 heavy (non-hydrogen) atoms. The normalized spacial score (nSPS) is 12.6. The molecule has 3 aromatic carbocycles. The van der Waals surface area contributed by atoms with Crippen LogP contribution in [0.25, 0.3) is 0 Å². The van der Waals surface area contributed by atoms with Crippen LogP contribution in [0.1, 0.15) is 55.9 Å². The Hall–Kier alpha value is -2.82. The molecule has 0 aromatic heterocycles. The molecule has 0 aliphatic rings. The molecule has 0 bridgehead atoms. The molecular weight excluding hydrogens is 503 g/mol. The highest BCUT2D eigenvalue weighted by molar-refractivity contribution is 6.35. The molecule has 2 atom stereocenters. The van der Waals surface area contributed by atoms with Gasteiger partial charge in [0.15, 0.2) is 0 Å². The van der Waals surface area contributed by atoms with Crippen LogP contribution in [0.4, 0.5) is 0 Å². The molecule has 6 heteroatoms. The summed E-state index contributed by atoms with van der Waals surface area (Å²) in [5, 5.41) is 4.09. The fourth-order valence-electron chi connectivity index (χ4n) is 4.17. The lowest BCUT2D eigenvalue weighted by molar-refractivity contribution is -0.141. The quantitative estimate of drug-likeness (QED) is 0.268. The Bertz CT molecular complexity index is 1170. The first-order chi connectivity index (χ1) is 17.8. The molecule has 2 amide bonds. The molecule has 0 heterocycles. The van der Waals surface area contributed by atoms with Crippen molar-refractivity contribution in [3.63, 3.8) is 0 Å². The summed E-state index contributed by atoms with van der Waals surface area (Å²) in [4.78, 5) is 29.0. The number of aryl methyl sites for hydroxylation is 2. The molecule has 3 rings (SSSR count). The van der Waals surface area contributed by atoms with Crippen molar-refractivity contribution < 1.29 is 9.59 Å². The Kier molecular flexibility index (Phi) is 11.0. The third kappa shape index (κ3) is 8.62. The molecule has 196 valence electrons. The second-order valence-electron chi connectivity index (χ2n) is 9.45. The minimum atomic E-state index is -0.682. The van der Waals surface area contributed by atoms with Gasteiger partial charge in [0.1, 0.15) is 6.04 Å². The molecule has 0 radical (unpaired) electrons. The molecule has 0 aliphatic heterocycles. The number of halogens is 2. The summed E-state index contributed by atoms with van der Waals surface area (Å²) in [5.41, 5.74) is 4.10. The number of benzene rings is 3. The Morgan fingerprint density at radius 2 is 1.57 bits per heavy atom. The van der Waals surface area contributed by atoms with Gasteiger partial charge in [-0.2, -0.15) is 0 Å². The van der Waals surface area contributed by atoms with Gasteiger partial charge >= 0.3 is 0 Å².